The number of ether oxygens (including phenoxy) is 3. The Kier molecular flexibility index (Phi) is 11.5. The van der Waals surface area contributed by atoms with E-state index in [2.05, 4.69) is 45.2 Å². The Balaban J connectivity index is 1.54. The van der Waals surface area contributed by atoms with Crippen molar-refractivity contribution in [3.05, 3.63) is 150 Å². The van der Waals surface area contributed by atoms with E-state index in [9.17, 15) is 9.59 Å². The summed E-state index contributed by atoms with van der Waals surface area (Å²) < 4.78 is 21.5. The first-order chi connectivity index (χ1) is 23.7. The summed E-state index contributed by atoms with van der Waals surface area (Å²) in [4.78, 5) is 33.7. The van der Waals surface area contributed by atoms with Crippen molar-refractivity contribution < 1.29 is 19.0 Å². The molecule has 0 saturated carbocycles. The molecule has 250 valence electrons. The van der Waals surface area contributed by atoms with Gasteiger partial charge >= 0.3 is 5.97 Å². The molecule has 0 aliphatic carbocycles. The Morgan fingerprint density at radius 1 is 0.959 bits per heavy atom. The van der Waals surface area contributed by atoms with Gasteiger partial charge in [-0.05, 0) is 107 Å². The van der Waals surface area contributed by atoms with Crippen LogP contribution in [0.25, 0.3) is 11.8 Å². The maximum Gasteiger partial charge on any atom is 0.338 e. The quantitative estimate of drug-likeness (QED) is 0.104. The lowest BCUT2D eigenvalue weighted by atomic mass is 9.93. The van der Waals surface area contributed by atoms with E-state index in [1.54, 1.807) is 23.6 Å². The van der Waals surface area contributed by atoms with Crippen LogP contribution in [0.4, 0.5) is 0 Å². The molecule has 0 unspecified atom stereocenters. The number of thiazole rings is 1. The molecule has 0 radical (unpaired) electrons. The second-order valence-electron chi connectivity index (χ2n) is 10.8. The second-order valence-corrected chi connectivity index (χ2v) is 15.0. The highest BCUT2D eigenvalue weighted by atomic mass is 127. The van der Waals surface area contributed by atoms with Gasteiger partial charge in [0.1, 0.15) is 18.1 Å². The summed E-state index contributed by atoms with van der Waals surface area (Å²) in [5, 5.41) is 1.04. The molecule has 5 aromatic rings. The first kappa shape index (κ1) is 35.6. The summed E-state index contributed by atoms with van der Waals surface area (Å²) in [5.74, 6) is 0.754. The molecule has 1 aliphatic heterocycles. The molecular formula is C37H28Cl2I2N2O5S. The van der Waals surface area contributed by atoms with Crippen molar-refractivity contribution in [3.63, 3.8) is 0 Å². The Morgan fingerprint density at radius 3 is 2.41 bits per heavy atom. The number of rotatable bonds is 10. The average Bonchev–Trinajstić information content (AvgIpc) is 3.39. The first-order valence-electron chi connectivity index (χ1n) is 15.3. The van der Waals surface area contributed by atoms with Crippen LogP contribution in [0.15, 0.2) is 100 Å². The van der Waals surface area contributed by atoms with Gasteiger partial charge in [0.05, 0.1) is 38.6 Å². The molecule has 1 aromatic heterocycles. The van der Waals surface area contributed by atoms with E-state index in [4.69, 9.17) is 42.4 Å². The van der Waals surface area contributed by atoms with Crippen LogP contribution >= 0.6 is 79.7 Å². The molecule has 6 rings (SSSR count). The summed E-state index contributed by atoms with van der Waals surface area (Å²) in [6.07, 6.45) is 1.82. The molecule has 4 aromatic carbocycles. The lowest BCUT2D eigenvalue weighted by molar-refractivity contribution is -0.138. The van der Waals surface area contributed by atoms with Crippen LogP contribution in [0, 0.1) is 7.14 Å². The zero-order chi connectivity index (χ0) is 34.7. The molecule has 49 heavy (non-hydrogen) atoms. The number of hydrogen-bond donors (Lipinski definition) is 0. The minimum atomic E-state index is -0.804. The maximum absolute atomic E-state index is 14.5. The molecule has 1 aliphatic rings. The van der Waals surface area contributed by atoms with Gasteiger partial charge in [-0.25, -0.2) is 9.79 Å². The fraction of sp³-hybridized carbons (Fsp3) is 0.162. The predicted octanol–water partition coefficient (Wildman–Crippen LogP) is 8.43. The topological polar surface area (TPSA) is 79.1 Å². The Labute approximate surface area is 324 Å². The third-order valence-corrected chi connectivity index (χ3v) is 10.6. The van der Waals surface area contributed by atoms with E-state index in [0.29, 0.717) is 43.2 Å². The lowest BCUT2D eigenvalue weighted by Gasteiger charge is -2.26. The number of fused-ring (bicyclic) bond motifs is 1. The minimum Gasteiger partial charge on any atom is -0.494 e. The van der Waals surface area contributed by atoms with Crippen molar-refractivity contribution in [2.75, 3.05) is 13.2 Å². The number of carbonyl (C=O) groups is 1. The van der Waals surface area contributed by atoms with Gasteiger partial charge in [0.2, 0.25) is 0 Å². The number of nitrogens with zero attached hydrogens (tertiary/aromatic N) is 2. The lowest BCUT2D eigenvalue weighted by Crippen LogP contribution is -2.40. The smallest absolute Gasteiger partial charge is 0.338 e. The van der Waals surface area contributed by atoms with Gasteiger partial charge < -0.3 is 14.2 Å². The van der Waals surface area contributed by atoms with E-state index in [-0.39, 0.29) is 24.3 Å². The Hall–Kier alpha value is -3.17. The molecule has 1 atom stereocenters. The van der Waals surface area contributed by atoms with Crippen molar-refractivity contribution in [2.45, 2.75) is 26.5 Å². The van der Waals surface area contributed by atoms with Crippen LogP contribution in [-0.2, 0) is 16.1 Å². The molecule has 0 spiro atoms. The van der Waals surface area contributed by atoms with Crippen molar-refractivity contribution in [1.29, 1.82) is 0 Å². The van der Waals surface area contributed by atoms with Crippen LogP contribution in [0.3, 0.4) is 0 Å². The van der Waals surface area contributed by atoms with E-state index in [1.165, 1.54) is 11.3 Å². The van der Waals surface area contributed by atoms with Crippen LogP contribution in [0.5, 0.6) is 11.5 Å². The zero-order valence-corrected chi connectivity index (χ0v) is 32.9. The van der Waals surface area contributed by atoms with E-state index in [1.807, 2.05) is 85.8 Å². The predicted molar refractivity (Wildman–Crippen MR) is 211 cm³/mol. The highest BCUT2D eigenvalue weighted by Gasteiger charge is 2.35. The van der Waals surface area contributed by atoms with Gasteiger partial charge in [-0.3, -0.25) is 9.36 Å². The summed E-state index contributed by atoms with van der Waals surface area (Å²) in [7, 11) is 0. The number of carbonyl (C=O) groups excluding carboxylic acids is 1. The van der Waals surface area contributed by atoms with E-state index >= 15 is 0 Å². The second kappa shape index (κ2) is 15.8. The SMILES string of the molecule is CCOC(=O)C1=C(c2ccccc2)N=c2s/c(=C\c3cc(I)cc(I)c3OCc3ccc(Cl)cc3Cl)c(=O)n2[C@@H]1c1ccc(OCC)cc1. The number of aromatic nitrogens is 1. The maximum atomic E-state index is 14.5. The van der Waals surface area contributed by atoms with Gasteiger partial charge in [-0.2, -0.15) is 0 Å². The fourth-order valence-corrected chi connectivity index (χ4v) is 8.94. The normalized spacial score (nSPS) is 14.3. The number of hydrogen-bond acceptors (Lipinski definition) is 7. The van der Waals surface area contributed by atoms with Crippen molar-refractivity contribution in [3.8, 4) is 11.5 Å². The third-order valence-electron chi connectivity index (χ3n) is 7.59. The molecule has 2 heterocycles. The Morgan fingerprint density at radius 2 is 1.71 bits per heavy atom. The third kappa shape index (κ3) is 7.78. The van der Waals surface area contributed by atoms with E-state index < -0.39 is 12.0 Å². The zero-order valence-electron chi connectivity index (χ0n) is 26.2. The van der Waals surface area contributed by atoms with Crippen molar-refractivity contribution >= 4 is 97.5 Å². The minimum absolute atomic E-state index is 0.167. The highest BCUT2D eigenvalue weighted by Crippen LogP contribution is 2.36. The first-order valence-corrected chi connectivity index (χ1v) is 19.0. The van der Waals surface area contributed by atoms with E-state index in [0.717, 1.165) is 29.4 Å². The van der Waals surface area contributed by atoms with Gasteiger partial charge in [-0.15, -0.1) is 0 Å². The number of esters is 1. The van der Waals surface area contributed by atoms with Crippen LogP contribution in [0.2, 0.25) is 10.0 Å². The fourth-order valence-electron chi connectivity index (χ4n) is 5.44. The molecule has 0 saturated heterocycles. The number of benzene rings is 4. The van der Waals surface area contributed by atoms with Crippen LogP contribution in [-0.4, -0.2) is 23.8 Å². The summed E-state index contributed by atoms with van der Waals surface area (Å²) in [5.41, 5.74) is 3.40. The van der Waals surface area contributed by atoms with Gasteiger partial charge in [0, 0.05) is 30.3 Å². The molecule has 0 amide bonds. The molecule has 12 heteroatoms. The standard InChI is InChI=1S/C37H28Cl2I2N2O5S/c1-3-46-27-14-11-22(12-15-27)33-31(36(45)47-4-2)32(21-8-6-5-7-9-21)42-37-43(33)35(44)30(49-37)17-24-16-26(40)19-29(41)34(24)48-20-23-10-13-25(38)18-28(23)39/h5-19,33H,3-4,20H2,1-2H3/b30-17-/t33-/m1/s1. The highest BCUT2D eigenvalue weighted by molar-refractivity contribution is 14.1. The van der Waals surface area contributed by atoms with Crippen molar-refractivity contribution in [1.82, 2.24) is 4.57 Å². The van der Waals surface area contributed by atoms with Crippen LogP contribution < -0.4 is 24.4 Å². The largest absolute Gasteiger partial charge is 0.494 e. The molecular weight excluding hydrogens is 909 g/mol. The van der Waals surface area contributed by atoms with Gasteiger partial charge in [0.25, 0.3) is 5.56 Å². The summed E-state index contributed by atoms with van der Waals surface area (Å²) in [6.45, 7) is 4.55. The summed E-state index contributed by atoms with van der Waals surface area (Å²) in [6, 6.07) is 25.3. The Bertz CT molecular complexity index is 2250. The van der Waals surface area contributed by atoms with Gasteiger partial charge in [-0.1, -0.05) is 83.1 Å². The molecule has 7 nitrogen and oxygen atoms in total. The average molecular weight is 937 g/mol. The molecule has 0 fully saturated rings. The van der Waals surface area contributed by atoms with Gasteiger partial charge in [0.15, 0.2) is 4.80 Å². The monoisotopic (exact) mass is 936 g/mol. The van der Waals surface area contributed by atoms with Crippen molar-refractivity contribution in [2.24, 2.45) is 4.99 Å². The summed E-state index contributed by atoms with van der Waals surface area (Å²) >= 11 is 18.3. The molecule has 0 N–H and O–H groups in total. The van der Waals surface area contributed by atoms with Crippen LogP contribution in [0.1, 0.15) is 42.1 Å². The number of halogens is 4. The molecule has 0 bridgehead atoms.